The summed E-state index contributed by atoms with van der Waals surface area (Å²) >= 11 is 0. The molecule has 2 aromatic rings. The zero-order chi connectivity index (χ0) is 12.1. The molecule has 2 aromatic carbocycles. The molecule has 1 heteroatoms. The highest BCUT2D eigenvalue weighted by Gasteiger charge is 2.00. The van der Waals surface area contributed by atoms with Crippen LogP contribution in [-0.2, 0) is 0 Å². The summed E-state index contributed by atoms with van der Waals surface area (Å²) in [4.78, 5) is 0. The molecule has 0 saturated heterocycles. The maximum absolute atomic E-state index is 9.46. The van der Waals surface area contributed by atoms with Gasteiger partial charge >= 0.3 is 0 Å². The summed E-state index contributed by atoms with van der Waals surface area (Å²) in [5, 5.41) is 9.46. The molecule has 0 saturated carbocycles. The lowest BCUT2D eigenvalue weighted by Gasteiger charge is -2.06. The molecule has 1 nitrogen and oxygen atoms in total. The van der Waals surface area contributed by atoms with Crippen molar-refractivity contribution in [1.29, 1.82) is 0 Å². The summed E-state index contributed by atoms with van der Waals surface area (Å²) < 4.78 is 0. The first-order valence-electron chi connectivity index (χ1n) is 5.73. The number of benzene rings is 2. The Hall–Kier alpha value is -1.86. The Morgan fingerprint density at radius 3 is 2.47 bits per heavy atom. The topological polar surface area (TPSA) is 20.2 Å². The lowest BCUT2D eigenvalue weighted by Crippen LogP contribution is -1.91. The Balaban J connectivity index is 2.37. The van der Waals surface area contributed by atoms with Crippen molar-refractivity contribution in [3.63, 3.8) is 0 Å². The molecule has 0 aliphatic rings. The first-order valence-corrected chi connectivity index (χ1v) is 5.73. The van der Waals surface area contributed by atoms with E-state index in [1.54, 1.807) is 0 Å². The molecule has 0 aliphatic carbocycles. The predicted octanol–water partition coefficient (Wildman–Crippen LogP) is 3.53. The third-order valence-electron chi connectivity index (χ3n) is 2.70. The SMILES string of the molecule is Cc1cccc(/C(=C/c2ccccc2)CO)c1. The van der Waals surface area contributed by atoms with E-state index >= 15 is 0 Å². The van der Waals surface area contributed by atoms with Crippen molar-refractivity contribution in [1.82, 2.24) is 0 Å². The molecule has 17 heavy (non-hydrogen) atoms. The van der Waals surface area contributed by atoms with Crippen molar-refractivity contribution in [2.45, 2.75) is 6.92 Å². The van der Waals surface area contributed by atoms with Crippen molar-refractivity contribution in [2.24, 2.45) is 0 Å². The molecule has 0 spiro atoms. The van der Waals surface area contributed by atoms with Crippen LogP contribution in [0.2, 0.25) is 0 Å². The van der Waals surface area contributed by atoms with E-state index in [4.69, 9.17) is 0 Å². The smallest absolute Gasteiger partial charge is 0.0687 e. The largest absolute Gasteiger partial charge is 0.392 e. The van der Waals surface area contributed by atoms with E-state index in [0.717, 1.165) is 16.7 Å². The van der Waals surface area contributed by atoms with E-state index in [0.29, 0.717) is 0 Å². The highest BCUT2D eigenvalue weighted by molar-refractivity contribution is 5.82. The van der Waals surface area contributed by atoms with Crippen LogP contribution in [0.5, 0.6) is 0 Å². The van der Waals surface area contributed by atoms with Crippen LogP contribution in [0.3, 0.4) is 0 Å². The molecular formula is C16H16O. The maximum atomic E-state index is 9.46. The maximum Gasteiger partial charge on any atom is 0.0687 e. The van der Waals surface area contributed by atoms with Crippen molar-refractivity contribution in [3.8, 4) is 0 Å². The number of aryl methyl sites for hydroxylation is 1. The highest BCUT2D eigenvalue weighted by Crippen LogP contribution is 2.18. The van der Waals surface area contributed by atoms with Gasteiger partial charge in [-0.15, -0.1) is 0 Å². The van der Waals surface area contributed by atoms with Gasteiger partial charge in [0.15, 0.2) is 0 Å². The van der Waals surface area contributed by atoms with Gasteiger partial charge in [-0.1, -0.05) is 60.2 Å². The molecule has 0 heterocycles. The van der Waals surface area contributed by atoms with Crippen LogP contribution in [0, 0.1) is 6.92 Å². The Bertz CT molecular complexity index is 512. The molecular weight excluding hydrogens is 208 g/mol. The van der Waals surface area contributed by atoms with Crippen LogP contribution in [0.15, 0.2) is 54.6 Å². The molecule has 0 amide bonds. The molecule has 0 aromatic heterocycles. The van der Waals surface area contributed by atoms with Gasteiger partial charge in [-0.25, -0.2) is 0 Å². The van der Waals surface area contributed by atoms with Gasteiger partial charge in [0.25, 0.3) is 0 Å². The van der Waals surface area contributed by atoms with E-state index in [-0.39, 0.29) is 6.61 Å². The second-order valence-corrected chi connectivity index (χ2v) is 4.11. The first-order chi connectivity index (χ1) is 8.29. The molecule has 86 valence electrons. The summed E-state index contributed by atoms with van der Waals surface area (Å²) in [7, 11) is 0. The van der Waals surface area contributed by atoms with Gasteiger partial charge in [-0.3, -0.25) is 0 Å². The summed E-state index contributed by atoms with van der Waals surface area (Å²) in [5.41, 5.74) is 4.34. The Kier molecular flexibility index (Phi) is 3.73. The van der Waals surface area contributed by atoms with Crippen LogP contribution >= 0.6 is 0 Å². The normalized spacial score (nSPS) is 11.5. The second kappa shape index (κ2) is 5.46. The highest BCUT2D eigenvalue weighted by atomic mass is 16.3. The first kappa shape index (κ1) is 11.6. The zero-order valence-electron chi connectivity index (χ0n) is 9.93. The fourth-order valence-electron chi connectivity index (χ4n) is 1.82. The van der Waals surface area contributed by atoms with Crippen LogP contribution in [0.4, 0.5) is 0 Å². The molecule has 0 unspecified atom stereocenters. The lowest BCUT2D eigenvalue weighted by atomic mass is 10.0. The van der Waals surface area contributed by atoms with Crippen molar-refractivity contribution in [2.75, 3.05) is 6.61 Å². The van der Waals surface area contributed by atoms with Crippen LogP contribution in [-0.4, -0.2) is 11.7 Å². The average molecular weight is 224 g/mol. The summed E-state index contributed by atoms with van der Waals surface area (Å²) in [6.45, 7) is 2.11. The lowest BCUT2D eigenvalue weighted by molar-refractivity contribution is 0.351. The molecule has 1 N–H and O–H groups in total. The standard InChI is InChI=1S/C16H16O/c1-13-6-5-9-15(10-13)16(12-17)11-14-7-3-2-4-8-14/h2-11,17H,12H2,1H3/b16-11+. The molecule has 0 aliphatic heterocycles. The van der Waals surface area contributed by atoms with Crippen molar-refractivity contribution >= 4 is 11.6 Å². The number of rotatable bonds is 3. The van der Waals surface area contributed by atoms with Crippen molar-refractivity contribution in [3.05, 3.63) is 71.3 Å². The molecule has 0 radical (unpaired) electrons. The zero-order valence-corrected chi connectivity index (χ0v) is 9.93. The van der Waals surface area contributed by atoms with Gasteiger partial charge in [-0.05, 0) is 29.7 Å². The monoisotopic (exact) mass is 224 g/mol. The van der Waals surface area contributed by atoms with E-state index in [1.807, 2.05) is 48.5 Å². The number of aliphatic hydroxyl groups excluding tert-OH is 1. The fourth-order valence-corrected chi connectivity index (χ4v) is 1.82. The van der Waals surface area contributed by atoms with Gasteiger partial charge in [-0.2, -0.15) is 0 Å². The van der Waals surface area contributed by atoms with Crippen molar-refractivity contribution < 1.29 is 5.11 Å². The molecule has 2 rings (SSSR count). The minimum atomic E-state index is 0.0539. The van der Waals surface area contributed by atoms with Gasteiger partial charge < -0.3 is 5.11 Å². The van der Waals surface area contributed by atoms with E-state index < -0.39 is 0 Å². The van der Waals surface area contributed by atoms with E-state index in [1.165, 1.54) is 5.56 Å². The van der Waals surface area contributed by atoms with Gasteiger partial charge in [0, 0.05) is 0 Å². The summed E-state index contributed by atoms with van der Waals surface area (Å²) in [6.07, 6.45) is 2.02. The Labute approximate surface area is 102 Å². The third-order valence-corrected chi connectivity index (χ3v) is 2.70. The number of aliphatic hydroxyl groups is 1. The fraction of sp³-hybridized carbons (Fsp3) is 0.125. The van der Waals surface area contributed by atoms with Crippen LogP contribution in [0.1, 0.15) is 16.7 Å². The van der Waals surface area contributed by atoms with Crippen LogP contribution < -0.4 is 0 Å². The third kappa shape index (κ3) is 3.05. The van der Waals surface area contributed by atoms with Gasteiger partial charge in [0.05, 0.1) is 6.61 Å². The van der Waals surface area contributed by atoms with Gasteiger partial charge in [0.1, 0.15) is 0 Å². The second-order valence-electron chi connectivity index (χ2n) is 4.11. The van der Waals surface area contributed by atoms with Gasteiger partial charge in [0.2, 0.25) is 0 Å². The number of hydrogen-bond acceptors (Lipinski definition) is 1. The molecule has 0 atom stereocenters. The van der Waals surface area contributed by atoms with Crippen LogP contribution in [0.25, 0.3) is 11.6 Å². The van der Waals surface area contributed by atoms with E-state index in [9.17, 15) is 5.11 Å². The Morgan fingerprint density at radius 1 is 1.06 bits per heavy atom. The minimum absolute atomic E-state index is 0.0539. The predicted molar refractivity (Wildman–Crippen MR) is 72.6 cm³/mol. The van der Waals surface area contributed by atoms with E-state index in [2.05, 4.69) is 19.1 Å². The minimum Gasteiger partial charge on any atom is -0.392 e. The quantitative estimate of drug-likeness (QED) is 0.791. The summed E-state index contributed by atoms with van der Waals surface area (Å²) in [5.74, 6) is 0. The Morgan fingerprint density at radius 2 is 1.82 bits per heavy atom. The average Bonchev–Trinajstić information content (AvgIpc) is 2.37. The number of hydrogen-bond donors (Lipinski definition) is 1. The molecule has 0 fully saturated rings. The molecule has 0 bridgehead atoms. The summed E-state index contributed by atoms with van der Waals surface area (Å²) in [6, 6.07) is 18.2.